The Morgan fingerprint density at radius 3 is 2.94 bits per heavy atom. The van der Waals surface area contributed by atoms with Gasteiger partial charge in [-0.3, -0.25) is 0 Å². The first-order valence-corrected chi connectivity index (χ1v) is 5.98. The van der Waals surface area contributed by atoms with Crippen molar-refractivity contribution in [2.45, 2.75) is 12.5 Å². The zero-order valence-electron chi connectivity index (χ0n) is 9.26. The first-order chi connectivity index (χ1) is 8.20. The molecule has 0 saturated carbocycles. The Morgan fingerprint density at radius 2 is 2.35 bits per heavy atom. The molecule has 1 heterocycles. The maximum absolute atomic E-state index is 13.4. The summed E-state index contributed by atoms with van der Waals surface area (Å²) in [6.45, 7) is 0. The highest BCUT2D eigenvalue weighted by Gasteiger charge is 2.12. The first kappa shape index (κ1) is 12.0. The third-order valence-corrected chi connectivity index (χ3v) is 3.26. The predicted molar refractivity (Wildman–Crippen MR) is 63.7 cm³/mol. The molecule has 0 fully saturated rings. The molecule has 17 heavy (non-hydrogen) atoms. The van der Waals surface area contributed by atoms with Crippen LogP contribution in [0.3, 0.4) is 0 Å². The summed E-state index contributed by atoms with van der Waals surface area (Å²) in [5.41, 5.74) is 0.714. The second-order valence-corrected chi connectivity index (χ2v) is 4.49. The minimum absolute atomic E-state index is 0.206. The Bertz CT molecular complexity index is 487. The van der Waals surface area contributed by atoms with E-state index in [0.29, 0.717) is 17.0 Å². The van der Waals surface area contributed by atoms with E-state index in [1.54, 1.807) is 23.7 Å². The van der Waals surface area contributed by atoms with E-state index in [2.05, 4.69) is 4.98 Å². The van der Waals surface area contributed by atoms with Gasteiger partial charge in [-0.2, -0.15) is 0 Å². The Labute approximate surface area is 103 Å². The van der Waals surface area contributed by atoms with Gasteiger partial charge in [0.2, 0.25) is 0 Å². The molecule has 5 heteroatoms. The molecule has 1 aromatic carbocycles. The quantitative estimate of drug-likeness (QED) is 0.910. The normalized spacial score (nSPS) is 12.4. The van der Waals surface area contributed by atoms with Gasteiger partial charge in [0.05, 0.1) is 7.11 Å². The van der Waals surface area contributed by atoms with Gasteiger partial charge in [0.25, 0.3) is 0 Å². The SMILES string of the molecule is COc1ccc(CC(O)c2nccs2)cc1F. The van der Waals surface area contributed by atoms with Crippen molar-refractivity contribution in [2.75, 3.05) is 7.11 Å². The number of halogens is 1. The van der Waals surface area contributed by atoms with Crippen LogP contribution in [0.5, 0.6) is 5.75 Å². The summed E-state index contributed by atoms with van der Waals surface area (Å²) in [5.74, 6) is -0.214. The lowest BCUT2D eigenvalue weighted by molar-refractivity contribution is 0.178. The van der Waals surface area contributed by atoms with Crippen LogP contribution in [0.2, 0.25) is 0 Å². The lowest BCUT2D eigenvalue weighted by Crippen LogP contribution is -2.01. The van der Waals surface area contributed by atoms with E-state index < -0.39 is 11.9 Å². The topological polar surface area (TPSA) is 42.4 Å². The second-order valence-electron chi connectivity index (χ2n) is 3.56. The highest BCUT2D eigenvalue weighted by atomic mass is 32.1. The number of benzene rings is 1. The lowest BCUT2D eigenvalue weighted by atomic mass is 10.1. The van der Waals surface area contributed by atoms with Crippen LogP contribution in [-0.4, -0.2) is 17.2 Å². The van der Waals surface area contributed by atoms with Gasteiger partial charge in [-0.1, -0.05) is 6.07 Å². The van der Waals surface area contributed by atoms with Gasteiger partial charge >= 0.3 is 0 Å². The minimum Gasteiger partial charge on any atom is -0.494 e. The minimum atomic E-state index is -0.692. The average molecular weight is 253 g/mol. The van der Waals surface area contributed by atoms with Gasteiger partial charge in [0.1, 0.15) is 11.1 Å². The fourth-order valence-corrected chi connectivity index (χ4v) is 2.17. The van der Waals surface area contributed by atoms with Crippen LogP contribution < -0.4 is 4.74 Å². The standard InChI is InChI=1S/C12H12FNO2S/c1-16-11-3-2-8(6-9(11)13)7-10(15)12-14-4-5-17-12/h2-6,10,15H,7H2,1H3. The van der Waals surface area contributed by atoms with Gasteiger partial charge in [0, 0.05) is 18.0 Å². The zero-order valence-corrected chi connectivity index (χ0v) is 10.1. The lowest BCUT2D eigenvalue weighted by Gasteiger charge is -2.09. The van der Waals surface area contributed by atoms with Crippen molar-refractivity contribution in [3.63, 3.8) is 0 Å². The number of hydrogen-bond acceptors (Lipinski definition) is 4. The van der Waals surface area contributed by atoms with Gasteiger partial charge in [-0.25, -0.2) is 9.37 Å². The third-order valence-electron chi connectivity index (χ3n) is 2.38. The molecule has 1 N–H and O–H groups in total. The summed E-state index contributed by atoms with van der Waals surface area (Å²) in [5, 5.41) is 12.3. The molecule has 90 valence electrons. The van der Waals surface area contributed by atoms with Gasteiger partial charge in [-0.05, 0) is 17.7 Å². The molecule has 0 aliphatic carbocycles. The molecular weight excluding hydrogens is 241 g/mol. The van der Waals surface area contributed by atoms with Crippen LogP contribution in [0.4, 0.5) is 4.39 Å². The van der Waals surface area contributed by atoms with Crippen molar-refractivity contribution in [3.05, 3.63) is 46.2 Å². The molecule has 1 aromatic heterocycles. The molecule has 0 saturated heterocycles. The van der Waals surface area contributed by atoms with Crippen molar-refractivity contribution in [3.8, 4) is 5.75 Å². The van der Waals surface area contributed by atoms with Gasteiger partial charge in [-0.15, -0.1) is 11.3 Å². The molecule has 0 bridgehead atoms. The number of hydrogen-bond donors (Lipinski definition) is 1. The number of aliphatic hydroxyl groups excluding tert-OH is 1. The highest BCUT2D eigenvalue weighted by molar-refractivity contribution is 7.09. The summed E-state index contributed by atoms with van der Waals surface area (Å²) in [7, 11) is 1.42. The van der Waals surface area contributed by atoms with Gasteiger partial charge in [0.15, 0.2) is 11.6 Å². The summed E-state index contributed by atoms with van der Waals surface area (Å²) in [4.78, 5) is 4.02. The number of methoxy groups -OCH3 is 1. The van der Waals surface area contributed by atoms with Crippen molar-refractivity contribution < 1.29 is 14.2 Å². The summed E-state index contributed by atoms with van der Waals surface area (Å²) < 4.78 is 18.3. The first-order valence-electron chi connectivity index (χ1n) is 5.10. The van der Waals surface area contributed by atoms with Crippen molar-refractivity contribution in [2.24, 2.45) is 0 Å². The summed E-state index contributed by atoms with van der Waals surface area (Å²) >= 11 is 1.38. The Kier molecular flexibility index (Phi) is 3.71. The Balaban J connectivity index is 2.11. The summed E-state index contributed by atoms with van der Waals surface area (Å²) in [6.07, 6.45) is 1.29. The number of ether oxygens (including phenoxy) is 1. The molecule has 0 spiro atoms. The van der Waals surface area contributed by atoms with E-state index in [1.165, 1.54) is 24.5 Å². The highest BCUT2D eigenvalue weighted by Crippen LogP contribution is 2.23. The van der Waals surface area contributed by atoms with Crippen LogP contribution in [0.15, 0.2) is 29.8 Å². The zero-order chi connectivity index (χ0) is 12.3. The van der Waals surface area contributed by atoms with E-state index >= 15 is 0 Å². The number of thiazole rings is 1. The molecule has 1 atom stereocenters. The van der Waals surface area contributed by atoms with Crippen LogP contribution >= 0.6 is 11.3 Å². The predicted octanol–water partition coefficient (Wildman–Crippen LogP) is 2.57. The molecule has 0 aliphatic rings. The largest absolute Gasteiger partial charge is 0.494 e. The molecule has 2 aromatic rings. The van der Waals surface area contributed by atoms with Crippen LogP contribution in [0.25, 0.3) is 0 Å². The molecular formula is C12H12FNO2S. The molecule has 0 radical (unpaired) electrons. The maximum Gasteiger partial charge on any atom is 0.165 e. The second kappa shape index (κ2) is 5.25. The van der Waals surface area contributed by atoms with Crippen molar-refractivity contribution >= 4 is 11.3 Å². The van der Waals surface area contributed by atoms with E-state index in [9.17, 15) is 9.50 Å². The fourth-order valence-electron chi connectivity index (χ4n) is 1.55. The monoisotopic (exact) mass is 253 g/mol. The maximum atomic E-state index is 13.4. The number of aromatic nitrogens is 1. The Morgan fingerprint density at radius 1 is 1.53 bits per heavy atom. The molecule has 0 amide bonds. The van der Waals surface area contributed by atoms with Crippen molar-refractivity contribution in [1.29, 1.82) is 0 Å². The molecule has 3 nitrogen and oxygen atoms in total. The number of rotatable bonds is 4. The average Bonchev–Trinajstić information content (AvgIpc) is 2.82. The van der Waals surface area contributed by atoms with Crippen LogP contribution in [0.1, 0.15) is 16.7 Å². The van der Waals surface area contributed by atoms with Gasteiger partial charge < -0.3 is 9.84 Å². The summed E-state index contributed by atoms with van der Waals surface area (Å²) in [6, 6.07) is 4.66. The molecule has 2 rings (SSSR count). The fraction of sp³-hybridized carbons (Fsp3) is 0.250. The van der Waals surface area contributed by atoms with Crippen LogP contribution in [0, 0.1) is 5.82 Å². The number of aliphatic hydroxyl groups is 1. The van der Waals surface area contributed by atoms with E-state index in [4.69, 9.17) is 4.74 Å². The third kappa shape index (κ3) is 2.81. The van der Waals surface area contributed by atoms with Crippen LogP contribution in [-0.2, 0) is 6.42 Å². The van der Waals surface area contributed by atoms with E-state index in [0.717, 1.165) is 0 Å². The molecule has 1 unspecified atom stereocenters. The Hall–Kier alpha value is -1.46. The van der Waals surface area contributed by atoms with E-state index in [1.807, 2.05) is 0 Å². The van der Waals surface area contributed by atoms with Crippen molar-refractivity contribution in [1.82, 2.24) is 4.98 Å². The number of nitrogens with zero attached hydrogens (tertiary/aromatic N) is 1. The van der Waals surface area contributed by atoms with E-state index in [-0.39, 0.29) is 5.75 Å². The molecule has 0 aliphatic heterocycles. The smallest absolute Gasteiger partial charge is 0.165 e.